The minimum absolute atomic E-state index is 0.0236. The zero-order chi connectivity index (χ0) is 18.9. The van der Waals surface area contributed by atoms with Crippen molar-refractivity contribution >= 4 is 27.6 Å². The molecule has 1 saturated heterocycles. The van der Waals surface area contributed by atoms with Crippen LogP contribution in [0, 0.1) is 19.8 Å². The van der Waals surface area contributed by atoms with E-state index in [1.165, 1.54) is 16.1 Å². The molecule has 8 heteroatoms. The lowest BCUT2D eigenvalue weighted by Crippen LogP contribution is -2.42. The van der Waals surface area contributed by atoms with Crippen LogP contribution in [0.1, 0.15) is 34.6 Å². The Morgan fingerprint density at radius 2 is 2.04 bits per heavy atom. The van der Waals surface area contributed by atoms with E-state index in [0.29, 0.717) is 36.3 Å². The average molecular weight is 394 g/mol. The number of benzene rings is 1. The molecule has 26 heavy (non-hydrogen) atoms. The second-order valence-corrected chi connectivity index (χ2v) is 9.25. The molecule has 0 saturated carbocycles. The van der Waals surface area contributed by atoms with Gasteiger partial charge in [-0.15, -0.1) is 11.8 Å². The molecule has 1 aliphatic heterocycles. The lowest BCUT2D eigenvalue weighted by molar-refractivity contribution is 0.0869. The van der Waals surface area contributed by atoms with Gasteiger partial charge in [0.05, 0.1) is 11.4 Å². The van der Waals surface area contributed by atoms with E-state index in [4.69, 9.17) is 0 Å². The van der Waals surface area contributed by atoms with Crippen molar-refractivity contribution in [3.8, 4) is 0 Å². The van der Waals surface area contributed by atoms with Crippen LogP contribution in [-0.4, -0.2) is 48.0 Å². The summed E-state index contributed by atoms with van der Waals surface area (Å²) in [5.41, 5.74) is 1.67. The highest BCUT2D eigenvalue weighted by Gasteiger charge is 2.36. The van der Waals surface area contributed by atoms with E-state index in [9.17, 15) is 13.2 Å². The summed E-state index contributed by atoms with van der Waals surface area (Å²) >= 11 is 1.53. The minimum Gasteiger partial charge on any atom is -0.294 e. The van der Waals surface area contributed by atoms with Crippen molar-refractivity contribution < 1.29 is 13.2 Å². The molecule has 1 atom stereocenters. The van der Waals surface area contributed by atoms with Crippen molar-refractivity contribution in [2.45, 2.75) is 36.5 Å². The minimum atomic E-state index is -3.66. The van der Waals surface area contributed by atoms with Gasteiger partial charge in [0.25, 0.3) is 0 Å². The number of thioether (sulfide) groups is 1. The third kappa shape index (κ3) is 3.45. The number of aryl methyl sites for hydroxylation is 2. The first-order valence-corrected chi connectivity index (χ1v) is 11.2. The Labute approximate surface area is 158 Å². The largest absolute Gasteiger partial charge is 0.294 e. The highest BCUT2D eigenvalue weighted by atomic mass is 32.2. The Morgan fingerprint density at radius 1 is 1.31 bits per heavy atom. The summed E-state index contributed by atoms with van der Waals surface area (Å²) in [5, 5.41) is 6.73. The van der Waals surface area contributed by atoms with Gasteiger partial charge in [-0.2, -0.15) is 9.40 Å². The number of Topliss-reactive ketones (excluding diaryl/α,β-unsaturated/α-hetero) is 1. The van der Waals surface area contributed by atoms with Gasteiger partial charge in [0.1, 0.15) is 4.90 Å². The number of hydrogen-bond acceptors (Lipinski definition) is 5. The zero-order valence-corrected chi connectivity index (χ0v) is 16.8. The second-order valence-electron chi connectivity index (χ2n) is 6.53. The normalized spacial score (nSPS) is 18.8. The summed E-state index contributed by atoms with van der Waals surface area (Å²) in [6.07, 6.45) is 3.32. The predicted octanol–water partition coefficient (Wildman–Crippen LogP) is 3.03. The molecular weight excluding hydrogens is 370 g/mol. The van der Waals surface area contributed by atoms with Crippen molar-refractivity contribution in [2.24, 2.45) is 5.92 Å². The number of nitrogens with one attached hydrogen (secondary N) is 1. The van der Waals surface area contributed by atoms with Gasteiger partial charge < -0.3 is 0 Å². The summed E-state index contributed by atoms with van der Waals surface area (Å²) in [7, 11) is -3.66. The van der Waals surface area contributed by atoms with Crippen LogP contribution in [0.3, 0.4) is 0 Å². The molecule has 0 spiro atoms. The number of nitrogens with zero attached hydrogens (tertiary/aromatic N) is 2. The van der Waals surface area contributed by atoms with Crippen LogP contribution < -0.4 is 0 Å². The summed E-state index contributed by atoms with van der Waals surface area (Å²) in [5.74, 6) is -0.296. The standard InChI is InChI=1S/C18H23N3O3S2/c1-12-18(13(2)20-19-12)26(23,24)21-10-6-7-14(11-21)17(22)15-8-4-5-9-16(15)25-3/h4-5,8-9,14H,6-7,10-11H2,1-3H3,(H,19,20). The van der Waals surface area contributed by atoms with E-state index < -0.39 is 10.0 Å². The monoisotopic (exact) mass is 393 g/mol. The molecule has 6 nitrogen and oxygen atoms in total. The predicted molar refractivity (Wildman–Crippen MR) is 102 cm³/mol. The maximum absolute atomic E-state index is 13.1. The molecule has 2 aromatic rings. The van der Waals surface area contributed by atoms with Crippen LogP contribution in [0.2, 0.25) is 0 Å². The summed E-state index contributed by atoms with van der Waals surface area (Å²) in [4.78, 5) is 14.2. The Morgan fingerprint density at radius 3 is 2.69 bits per heavy atom. The number of aromatic nitrogens is 2. The van der Waals surface area contributed by atoms with Crippen molar-refractivity contribution in [3.05, 3.63) is 41.2 Å². The first kappa shape index (κ1) is 19.1. The van der Waals surface area contributed by atoms with E-state index in [0.717, 1.165) is 4.90 Å². The third-order valence-electron chi connectivity index (χ3n) is 4.79. The van der Waals surface area contributed by atoms with Crippen molar-refractivity contribution in [1.82, 2.24) is 14.5 Å². The Kier molecular flexibility index (Phi) is 5.55. The molecule has 0 radical (unpaired) electrons. The average Bonchev–Trinajstić information content (AvgIpc) is 3.00. The van der Waals surface area contributed by atoms with Gasteiger partial charge in [0.2, 0.25) is 10.0 Å². The second kappa shape index (κ2) is 7.54. The number of sulfonamides is 1. The number of H-pyrrole nitrogens is 1. The van der Waals surface area contributed by atoms with E-state index >= 15 is 0 Å². The maximum Gasteiger partial charge on any atom is 0.246 e. The van der Waals surface area contributed by atoms with Gasteiger partial charge in [0.15, 0.2) is 5.78 Å². The van der Waals surface area contributed by atoms with Crippen LogP contribution in [0.5, 0.6) is 0 Å². The van der Waals surface area contributed by atoms with E-state index in [1.807, 2.05) is 30.5 Å². The first-order valence-electron chi connectivity index (χ1n) is 8.55. The van der Waals surface area contributed by atoms with Crippen LogP contribution in [0.25, 0.3) is 0 Å². The van der Waals surface area contributed by atoms with Crippen LogP contribution in [0.4, 0.5) is 0 Å². The fraction of sp³-hybridized carbons (Fsp3) is 0.444. The molecule has 1 unspecified atom stereocenters. The lowest BCUT2D eigenvalue weighted by Gasteiger charge is -2.31. The topological polar surface area (TPSA) is 83.1 Å². The van der Waals surface area contributed by atoms with Crippen LogP contribution >= 0.6 is 11.8 Å². The number of aromatic amines is 1. The summed E-state index contributed by atoms with van der Waals surface area (Å²) in [6, 6.07) is 7.51. The molecule has 3 rings (SSSR count). The van der Waals surface area contributed by atoms with Crippen molar-refractivity contribution in [2.75, 3.05) is 19.3 Å². The van der Waals surface area contributed by atoms with Crippen molar-refractivity contribution in [3.63, 3.8) is 0 Å². The number of piperidine rings is 1. The SMILES string of the molecule is CSc1ccccc1C(=O)C1CCCN(S(=O)(=O)c2c(C)n[nH]c2C)C1. The fourth-order valence-corrected chi connectivity index (χ4v) is 5.95. The van der Waals surface area contributed by atoms with E-state index in [1.54, 1.807) is 13.8 Å². The number of rotatable bonds is 5. The molecule has 0 aliphatic carbocycles. The van der Waals surface area contributed by atoms with Gasteiger partial charge in [-0.1, -0.05) is 18.2 Å². The molecule has 1 aromatic heterocycles. The van der Waals surface area contributed by atoms with Gasteiger partial charge >= 0.3 is 0 Å². The fourth-order valence-electron chi connectivity index (χ4n) is 3.49. The first-order chi connectivity index (χ1) is 12.4. The third-order valence-corrected chi connectivity index (χ3v) is 7.71. The van der Waals surface area contributed by atoms with Crippen LogP contribution in [0.15, 0.2) is 34.1 Å². The lowest BCUT2D eigenvalue weighted by atomic mass is 9.91. The van der Waals surface area contributed by atoms with Gasteiger partial charge in [-0.3, -0.25) is 9.89 Å². The summed E-state index contributed by atoms with van der Waals surface area (Å²) in [6.45, 7) is 4.03. The molecule has 140 valence electrons. The van der Waals surface area contributed by atoms with E-state index in [-0.39, 0.29) is 23.1 Å². The molecular formula is C18H23N3O3S2. The Bertz CT molecular complexity index is 902. The molecule has 0 amide bonds. The maximum atomic E-state index is 13.1. The number of hydrogen-bond donors (Lipinski definition) is 1. The zero-order valence-electron chi connectivity index (χ0n) is 15.2. The van der Waals surface area contributed by atoms with Gasteiger partial charge in [0, 0.05) is 29.5 Å². The number of carbonyl (C=O) groups excluding carboxylic acids is 1. The Balaban J connectivity index is 1.87. The van der Waals surface area contributed by atoms with Crippen molar-refractivity contribution in [1.29, 1.82) is 0 Å². The summed E-state index contributed by atoms with van der Waals surface area (Å²) < 4.78 is 27.6. The molecule has 0 bridgehead atoms. The molecule has 1 aromatic carbocycles. The molecule has 1 fully saturated rings. The number of carbonyl (C=O) groups is 1. The molecule has 1 N–H and O–H groups in total. The van der Waals surface area contributed by atoms with Gasteiger partial charge in [-0.05, 0) is 39.0 Å². The molecule has 1 aliphatic rings. The van der Waals surface area contributed by atoms with E-state index in [2.05, 4.69) is 10.2 Å². The van der Waals surface area contributed by atoms with Gasteiger partial charge in [-0.25, -0.2) is 8.42 Å². The van der Waals surface area contributed by atoms with Crippen LogP contribution in [-0.2, 0) is 10.0 Å². The smallest absolute Gasteiger partial charge is 0.246 e. The quantitative estimate of drug-likeness (QED) is 0.624. The Hall–Kier alpha value is -1.64. The number of ketones is 1. The highest BCUT2D eigenvalue weighted by Crippen LogP contribution is 2.30. The molecule has 2 heterocycles. The highest BCUT2D eigenvalue weighted by molar-refractivity contribution is 7.98.